The first-order valence-corrected chi connectivity index (χ1v) is 11.0. The van der Waals surface area contributed by atoms with Gasteiger partial charge in [-0.15, -0.1) is 0 Å². The van der Waals surface area contributed by atoms with Crippen molar-refractivity contribution in [3.8, 4) is 11.5 Å². The molecule has 9 heteroatoms. The molecule has 1 amide bonds. The summed E-state index contributed by atoms with van der Waals surface area (Å²) in [4.78, 5) is 21.3. The third-order valence-electron chi connectivity index (χ3n) is 4.21. The van der Waals surface area contributed by atoms with Crippen molar-refractivity contribution in [3.63, 3.8) is 0 Å². The normalized spacial score (nSPS) is 11.1. The fourth-order valence-electron chi connectivity index (χ4n) is 2.70. The number of thiazole rings is 1. The molecular formula is C21H23Cl2N3O3S. The zero-order chi connectivity index (χ0) is 21.7. The van der Waals surface area contributed by atoms with Crippen LogP contribution in [0.25, 0.3) is 10.2 Å². The molecule has 2 aromatic carbocycles. The molecule has 160 valence electrons. The number of carbonyl (C=O) groups excluding carboxylic acids is 1. The van der Waals surface area contributed by atoms with Gasteiger partial charge in [-0.1, -0.05) is 34.5 Å². The number of nitrogens with zero attached hydrogens (tertiary/aromatic N) is 3. The van der Waals surface area contributed by atoms with Crippen LogP contribution in [-0.4, -0.2) is 56.2 Å². The fraction of sp³-hybridized carbons (Fsp3) is 0.333. The maximum absolute atomic E-state index is 13.0. The molecule has 0 spiro atoms. The van der Waals surface area contributed by atoms with Crippen molar-refractivity contribution in [2.45, 2.75) is 6.92 Å². The van der Waals surface area contributed by atoms with Gasteiger partial charge in [0.15, 0.2) is 11.7 Å². The molecule has 3 rings (SSSR count). The third-order valence-corrected chi connectivity index (χ3v) is 5.78. The van der Waals surface area contributed by atoms with Crippen molar-refractivity contribution >= 4 is 55.8 Å². The molecule has 1 heterocycles. The molecule has 0 bridgehead atoms. The van der Waals surface area contributed by atoms with Crippen molar-refractivity contribution in [2.24, 2.45) is 0 Å². The smallest absolute Gasteiger partial charge is 0.266 e. The Morgan fingerprint density at radius 2 is 1.90 bits per heavy atom. The maximum Gasteiger partial charge on any atom is 0.266 e. The van der Waals surface area contributed by atoms with Crippen LogP contribution in [0.1, 0.15) is 6.92 Å². The molecule has 0 atom stereocenters. The lowest BCUT2D eigenvalue weighted by Gasteiger charge is -2.22. The van der Waals surface area contributed by atoms with E-state index in [9.17, 15) is 4.79 Å². The minimum atomic E-state index is -0.202. The Kier molecular flexibility index (Phi) is 7.77. The molecule has 0 fully saturated rings. The Bertz CT molecular complexity index is 1030. The molecule has 3 aromatic rings. The van der Waals surface area contributed by atoms with E-state index in [1.165, 1.54) is 11.3 Å². The van der Waals surface area contributed by atoms with E-state index in [0.29, 0.717) is 40.6 Å². The molecule has 0 saturated heterocycles. The van der Waals surface area contributed by atoms with Crippen molar-refractivity contribution in [1.29, 1.82) is 0 Å². The van der Waals surface area contributed by atoms with E-state index < -0.39 is 0 Å². The van der Waals surface area contributed by atoms with E-state index in [1.807, 2.05) is 44.1 Å². The Hall–Kier alpha value is -2.06. The van der Waals surface area contributed by atoms with E-state index in [1.54, 1.807) is 23.1 Å². The molecule has 0 aliphatic carbocycles. The van der Waals surface area contributed by atoms with Crippen LogP contribution in [0.4, 0.5) is 5.13 Å². The first-order valence-electron chi connectivity index (χ1n) is 9.43. The van der Waals surface area contributed by atoms with Gasteiger partial charge in [0.2, 0.25) is 0 Å². The average Bonchev–Trinajstić information content (AvgIpc) is 3.10. The number of amides is 1. The van der Waals surface area contributed by atoms with E-state index in [2.05, 4.69) is 4.98 Å². The number of hydrogen-bond donors (Lipinski definition) is 0. The van der Waals surface area contributed by atoms with E-state index in [4.69, 9.17) is 32.7 Å². The summed E-state index contributed by atoms with van der Waals surface area (Å²) in [6.07, 6.45) is 0. The quantitative estimate of drug-likeness (QED) is 0.444. The number of hydrogen-bond acceptors (Lipinski definition) is 6. The number of likely N-dealkylation sites (N-methyl/N-ethyl adjacent to an activating group) is 1. The van der Waals surface area contributed by atoms with Gasteiger partial charge in [0.25, 0.3) is 5.91 Å². The molecule has 0 N–H and O–H groups in total. The monoisotopic (exact) mass is 467 g/mol. The number of ether oxygens (including phenoxy) is 2. The number of carbonyl (C=O) groups is 1. The van der Waals surface area contributed by atoms with Crippen LogP contribution >= 0.6 is 34.5 Å². The van der Waals surface area contributed by atoms with Gasteiger partial charge >= 0.3 is 0 Å². The van der Waals surface area contributed by atoms with Gasteiger partial charge in [-0.05, 0) is 57.4 Å². The molecule has 1 aromatic heterocycles. The van der Waals surface area contributed by atoms with Crippen LogP contribution in [0, 0.1) is 0 Å². The summed E-state index contributed by atoms with van der Waals surface area (Å²) in [7, 11) is 3.92. The van der Waals surface area contributed by atoms with Crippen LogP contribution < -0.4 is 14.4 Å². The topological polar surface area (TPSA) is 54.9 Å². The summed E-state index contributed by atoms with van der Waals surface area (Å²) in [5, 5.41) is 1.49. The second-order valence-electron chi connectivity index (χ2n) is 6.77. The lowest BCUT2D eigenvalue weighted by atomic mass is 10.3. The summed E-state index contributed by atoms with van der Waals surface area (Å²) in [6.45, 7) is 3.55. The third kappa shape index (κ3) is 5.76. The predicted octanol–water partition coefficient (Wildman–Crippen LogP) is 4.98. The highest BCUT2D eigenvalue weighted by Gasteiger charge is 2.21. The summed E-state index contributed by atoms with van der Waals surface area (Å²) < 4.78 is 12.2. The highest BCUT2D eigenvalue weighted by Crippen LogP contribution is 2.32. The van der Waals surface area contributed by atoms with Crippen molar-refractivity contribution < 1.29 is 14.3 Å². The minimum absolute atomic E-state index is 0.158. The number of rotatable bonds is 9. The van der Waals surface area contributed by atoms with Gasteiger partial charge in [-0.25, -0.2) is 4.98 Å². The van der Waals surface area contributed by atoms with E-state index >= 15 is 0 Å². The summed E-state index contributed by atoms with van der Waals surface area (Å²) in [5.41, 5.74) is 0.822. The highest BCUT2D eigenvalue weighted by atomic mass is 35.5. The minimum Gasteiger partial charge on any atom is -0.494 e. The van der Waals surface area contributed by atoms with Gasteiger partial charge in [-0.3, -0.25) is 9.69 Å². The van der Waals surface area contributed by atoms with Crippen molar-refractivity contribution in [1.82, 2.24) is 9.88 Å². The number of anilines is 1. The SMILES string of the molecule is CCOc1ccc2nc(N(CCN(C)C)C(=O)COc3ccc(Cl)cc3Cl)sc2c1. The fourth-order valence-corrected chi connectivity index (χ4v) is 4.20. The van der Waals surface area contributed by atoms with Gasteiger partial charge in [0.05, 0.1) is 21.8 Å². The largest absolute Gasteiger partial charge is 0.494 e. The average molecular weight is 468 g/mol. The summed E-state index contributed by atoms with van der Waals surface area (Å²) >= 11 is 13.5. The van der Waals surface area contributed by atoms with E-state index in [-0.39, 0.29) is 12.5 Å². The summed E-state index contributed by atoms with van der Waals surface area (Å²) in [6, 6.07) is 10.6. The predicted molar refractivity (Wildman–Crippen MR) is 124 cm³/mol. The van der Waals surface area contributed by atoms with Gasteiger partial charge in [0, 0.05) is 18.1 Å². The van der Waals surface area contributed by atoms with Gasteiger partial charge in [0.1, 0.15) is 11.5 Å². The summed E-state index contributed by atoms with van der Waals surface area (Å²) in [5.74, 6) is 0.992. The second-order valence-corrected chi connectivity index (χ2v) is 8.62. The number of halogens is 2. The van der Waals surface area contributed by atoms with Gasteiger partial charge in [-0.2, -0.15) is 0 Å². The first-order chi connectivity index (χ1) is 14.4. The molecule has 0 unspecified atom stereocenters. The molecule has 0 saturated carbocycles. The molecule has 0 aliphatic rings. The zero-order valence-corrected chi connectivity index (χ0v) is 19.4. The van der Waals surface area contributed by atoms with Crippen molar-refractivity contribution in [3.05, 3.63) is 46.4 Å². The van der Waals surface area contributed by atoms with Crippen LogP contribution in [-0.2, 0) is 4.79 Å². The van der Waals surface area contributed by atoms with Crippen LogP contribution in [0.15, 0.2) is 36.4 Å². The lowest BCUT2D eigenvalue weighted by Crippen LogP contribution is -2.39. The zero-order valence-electron chi connectivity index (χ0n) is 17.0. The highest BCUT2D eigenvalue weighted by molar-refractivity contribution is 7.22. The Balaban J connectivity index is 1.80. The van der Waals surface area contributed by atoms with Gasteiger partial charge < -0.3 is 14.4 Å². The molecule has 6 nitrogen and oxygen atoms in total. The molecular weight excluding hydrogens is 445 g/mol. The lowest BCUT2D eigenvalue weighted by molar-refractivity contribution is -0.120. The van der Waals surface area contributed by atoms with Crippen molar-refractivity contribution in [2.75, 3.05) is 45.3 Å². The first kappa shape index (κ1) is 22.6. The second kappa shape index (κ2) is 10.3. The van der Waals surface area contributed by atoms with Crippen LogP contribution in [0.3, 0.4) is 0 Å². The number of aromatic nitrogens is 1. The van der Waals surface area contributed by atoms with Crippen LogP contribution in [0.2, 0.25) is 10.0 Å². The molecule has 0 radical (unpaired) electrons. The van der Waals surface area contributed by atoms with E-state index in [0.717, 1.165) is 16.0 Å². The number of benzene rings is 2. The molecule has 0 aliphatic heterocycles. The Morgan fingerprint density at radius 3 is 2.60 bits per heavy atom. The van der Waals surface area contributed by atoms with Crippen LogP contribution in [0.5, 0.6) is 11.5 Å². The Morgan fingerprint density at radius 1 is 1.10 bits per heavy atom. The molecule has 30 heavy (non-hydrogen) atoms. The number of fused-ring (bicyclic) bond motifs is 1. The maximum atomic E-state index is 13.0. The standard InChI is InChI=1S/C21H23Cl2N3O3S/c1-4-28-15-6-7-17-19(12-15)30-21(24-17)26(10-9-25(2)3)20(27)13-29-18-8-5-14(22)11-16(18)23/h5-8,11-12H,4,9-10,13H2,1-3H3. The Labute approximate surface area is 189 Å².